The number of aliphatic hydroxyl groups excluding tert-OH is 1. The smallest absolute Gasteiger partial charge is 0.159 e. The van der Waals surface area contributed by atoms with Crippen molar-refractivity contribution in [3.05, 3.63) is 101 Å². The Morgan fingerprint density at radius 3 is 2.41 bits per heavy atom. The van der Waals surface area contributed by atoms with E-state index in [1.54, 1.807) is 0 Å². The third-order valence-electron chi connectivity index (χ3n) is 4.19. The minimum absolute atomic E-state index is 0.206. The SMILES string of the molecule is OC(CNCc1ccccc1OCc1ccccc1)c1ccc(F)c(F)c1. The number of ether oxygens (including phenoxy) is 1. The molecule has 0 amide bonds. The lowest BCUT2D eigenvalue weighted by atomic mass is 10.1. The summed E-state index contributed by atoms with van der Waals surface area (Å²) in [7, 11) is 0. The Bertz CT molecular complexity index is 871. The number of rotatable bonds is 8. The zero-order chi connectivity index (χ0) is 19.1. The summed E-state index contributed by atoms with van der Waals surface area (Å²) in [5.74, 6) is -1.13. The van der Waals surface area contributed by atoms with E-state index in [0.29, 0.717) is 18.7 Å². The van der Waals surface area contributed by atoms with E-state index < -0.39 is 17.7 Å². The van der Waals surface area contributed by atoms with Gasteiger partial charge in [0.15, 0.2) is 11.6 Å². The number of benzene rings is 3. The second-order valence-electron chi connectivity index (χ2n) is 6.20. The molecule has 0 heterocycles. The molecule has 27 heavy (non-hydrogen) atoms. The molecule has 0 saturated heterocycles. The van der Waals surface area contributed by atoms with Gasteiger partial charge in [-0.3, -0.25) is 0 Å². The van der Waals surface area contributed by atoms with Crippen molar-refractivity contribution >= 4 is 0 Å². The first kappa shape index (κ1) is 19.0. The molecule has 1 atom stereocenters. The van der Waals surface area contributed by atoms with Gasteiger partial charge in [-0.2, -0.15) is 0 Å². The molecular formula is C22H21F2NO2. The molecule has 0 aliphatic rings. The van der Waals surface area contributed by atoms with Gasteiger partial charge in [0.25, 0.3) is 0 Å². The molecule has 0 aliphatic heterocycles. The number of hydrogen-bond donors (Lipinski definition) is 2. The number of hydrogen-bond acceptors (Lipinski definition) is 3. The van der Waals surface area contributed by atoms with Crippen molar-refractivity contribution < 1.29 is 18.6 Å². The van der Waals surface area contributed by atoms with Crippen LogP contribution < -0.4 is 10.1 Å². The predicted molar refractivity (Wildman–Crippen MR) is 100 cm³/mol. The van der Waals surface area contributed by atoms with Gasteiger partial charge in [0.05, 0.1) is 6.10 Å². The molecule has 0 bridgehead atoms. The topological polar surface area (TPSA) is 41.5 Å². The second-order valence-corrected chi connectivity index (χ2v) is 6.20. The summed E-state index contributed by atoms with van der Waals surface area (Å²) >= 11 is 0. The normalized spacial score (nSPS) is 12.0. The Morgan fingerprint density at radius 2 is 1.63 bits per heavy atom. The monoisotopic (exact) mass is 369 g/mol. The zero-order valence-corrected chi connectivity index (χ0v) is 14.7. The molecule has 0 aromatic heterocycles. The van der Waals surface area contributed by atoms with Gasteiger partial charge in [0.1, 0.15) is 12.4 Å². The van der Waals surface area contributed by atoms with Crippen LogP contribution in [-0.4, -0.2) is 11.7 Å². The molecule has 3 aromatic carbocycles. The molecular weight excluding hydrogens is 348 g/mol. The first-order chi connectivity index (χ1) is 13.1. The van der Waals surface area contributed by atoms with Crippen molar-refractivity contribution in [2.45, 2.75) is 19.3 Å². The number of nitrogens with one attached hydrogen (secondary N) is 1. The maximum absolute atomic E-state index is 13.3. The fourth-order valence-electron chi connectivity index (χ4n) is 2.71. The first-order valence-corrected chi connectivity index (χ1v) is 8.72. The summed E-state index contributed by atoms with van der Waals surface area (Å²) < 4.78 is 32.2. The Labute approximate surface area is 157 Å². The summed E-state index contributed by atoms with van der Waals surface area (Å²) in [5, 5.41) is 13.3. The average molecular weight is 369 g/mol. The van der Waals surface area contributed by atoms with Crippen LogP contribution in [0.1, 0.15) is 22.8 Å². The fraction of sp³-hybridized carbons (Fsp3) is 0.182. The van der Waals surface area contributed by atoms with E-state index in [9.17, 15) is 13.9 Å². The molecule has 0 fully saturated rings. The summed E-state index contributed by atoms with van der Waals surface area (Å²) in [5.41, 5.74) is 2.36. The van der Waals surface area contributed by atoms with Gasteiger partial charge in [-0.1, -0.05) is 54.6 Å². The van der Waals surface area contributed by atoms with Gasteiger partial charge in [0, 0.05) is 18.7 Å². The van der Waals surface area contributed by atoms with Crippen molar-refractivity contribution in [2.75, 3.05) is 6.54 Å². The van der Waals surface area contributed by atoms with Gasteiger partial charge in [-0.05, 0) is 29.3 Å². The average Bonchev–Trinajstić information content (AvgIpc) is 2.70. The maximum Gasteiger partial charge on any atom is 0.159 e. The summed E-state index contributed by atoms with van der Waals surface area (Å²) in [6.45, 7) is 1.15. The third kappa shape index (κ3) is 5.36. The standard InChI is InChI=1S/C22H21F2NO2/c23-19-11-10-17(12-20(19)24)21(26)14-25-13-18-8-4-5-9-22(18)27-15-16-6-2-1-3-7-16/h1-12,21,25-26H,13-15H2. The van der Waals surface area contributed by atoms with E-state index in [1.165, 1.54) is 6.07 Å². The van der Waals surface area contributed by atoms with Crippen LogP contribution >= 0.6 is 0 Å². The molecule has 3 aromatic rings. The van der Waals surface area contributed by atoms with E-state index in [4.69, 9.17) is 4.74 Å². The zero-order valence-electron chi connectivity index (χ0n) is 14.7. The van der Waals surface area contributed by atoms with Crippen molar-refractivity contribution in [2.24, 2.45) is 0 Å². The number of halogens is 2. The minimum Gasteiger partial charge on any atom is -0.489 e. The van der Waals surface area contributed by atoms with E-state index in [-0.39, 0.29) is 6.54 Å². The molecule has 0 radical (unpaired) electrons. The van der Waals surface area contributed by atoms with Gasteiger partial charge in [-0.15, -0.1) is 0 Å². The van der Waals surface area contributed by atoms with E-state index >= 15 is 0 Å². The highest BCUT2D eigenvalue weighted by Gasteiger charge is 2.11. The largest absolute Gasteiger partial charge is 0.489 e. The van der Waals surface area contributed by atoms with Gasteiger partial charge in [-0.25, -0.2) is 8.78 Å². The van der Waals surface area contributed by atoms with Crippen LogP contribution in [-0.2, 0) is 13.2 Å². The van der Waals surface area contributed by atoms with Crippen LogP contribution in [0.25, 0.3) is 0 Å². The van der Waals surface area contributed by atoms with Crippen LogP contribution in [0, 0.1) is 11.6 Å². The van der Waals surface area contributed by atoms with Crippen LogP contribution in [0.3, 0.4) is 0 Å². The highest BCUT2D eigenvalue weighted by atomic mass is 19.2. The molecule has 0 aliphatic carbocycles. The van der Waals surface area contributed by atoms with Crippen molar-refractivity contribution in [1.82, 2.24) is 5.32 Å². The quantitative estimate of drug-likeness (QED) is 0.620. The molecule has 1 unspecified atom stereocenters. The Morgan fingerprint density at radius 1 is 0.889 bits per heavy atom. The fourth-order valence-corrected chi connectivity index (χ4v) is 2.71. The van der Waals surface area contributed by atoms with Crippen LogP contribution in [0.15, 0.2) is 72.8 Å². The van der Waals surface area contributed by atoms with Crippen molar-refractivity contribution in [3.8, 4) is 5.75 Å². The Balaban J connectivity index is 1.55. The lowest BCUT2D eigenvalue weighted by Gasteiger charge is -2.15. The molecule has 3 rings (SSSR count). The van der Waals surface area contributed by atoms with E-state index in [2.05, 4.69) is 5.32 Å². The lowest BCUT2D eigenvalue weighted by Crippen LogP contribution is -2.21. The van der Waals surface area contributed by atoms with Crippen LogP contribution in [0.5, 0.6) is 5.75 Å². The first-order valence-electron chi connectivity index (χ1n) is 8.72. The summed E-state index contributed by atoms with van der Waals surface area (Å²) in [6.07, 6.45) is -0.933. The number of aliphatic hydroxyl groups is 1. The predicted octanol–water partition coefficient (Wildman–Crippen LogP) is 4.37. The summed E-state index contributed by atoms with van der Waals surface area (Å²) in [6, 6.07) is 20.9. The van der Waals surface area contributed by atoms with E-state index in [0.717, 1.165) is 29.0 Å². The van der Waals surface area contributed by atoms with Gasteiger partial charge in [0.2, 0.25) is 0 Å². The highest BCUT2D eigenvalue weighted by Crippen LogP contribution is 2.20. The highest BCUT2D eigenvalue weighted by molar-refractivity contribution is 5.33. The van der Waals surface area contributed by atoms with Crippen LogP contribution in [0.2, 0.25) is 0 Å². The minimum atomic E-state index is -0.966. The molecule has 2 N–H and O–H groups in total. The molecule has 0 spiro atoms. The lowest BCUT2D eigenvalue weighted by molar-refractivity contribution is 0.173. The van der Waals surface area contributed by atoms with Crippen molar-refractivity contribution in [1.29, 1.82) is 0 Å². The van der Waals surface area contributed by atoms with Gasteiger partial charge < -0.3 is 15.2 Å². The maximum atomic E-state index is 13.3. The molecule has 140 valence electrons. The van der Waals surface area contributed by atoms with Crippen molar-refractivity contribution in [3.63, 3.8) is 0 Å². The Hall–Kier alpha value is -2.76. The number of para-hydroxylation sites is 1. The van der Waals surface area contributed by atoms with E-state index in [1.807, 2.05) is 54.6 Å². The Kier molecular flexibility index (Phi) is 6.52. The molecule has 0 saturated carbocycles. The second kappa shape index (κ2) is 9.26. The van der Waals surface area contributed by atoms with Crippen LogP contribution in [0.4, 0.5) is 8.78 Å². The third-order valence-corrected chi connectivity index (χ3v) is 4.19. The molecule has 5 heteroatoms. The summed E-state index contributed by atoms with van der Waals surface area (Å²) in [4.78, 5) is 0. The van der Waals surface area contributed by atoms with Gasteiger partial charge >= 0.3 is 0 Å². The molecule has 3 nitrogen and oxygen atoms in total.